The van der Waals surface area contributed by atoms with Gasteiger partial charge in [0.1, 0.15) is 6.04 Å². The van der Waals surface area contributed by atoms with Gasteiger partial charge in [-0.05, 0) is 37.4 Å². The fraction of sp³-hybridized carbons (Fsp3) is 0.250. The number of rotatable bonds is 4. The van der Waals surface area contributed by atoms with E-state index in [0.717, 1.165) is 0 Å². The highest BCUT2D eigenvalue weighted by Gasteiger charge is 2.21. The fourth-order valence-corrected chi connectivity index (χ4v) is 2.39. The predicted octanol–water partition coefficient (Wildman–Crippen LogP) is 2.44. The Bertz CT molecular complexity index is 613. The van der Waals surface area contributed by atoms with Gasteiger partial charge >= 0.3 is 0 Å². The van der Waals surface area contributed by atoms with E-state index in [2.05, 4.69) is 15.5 Å². The van der Waals surface area contributed by atoms with E-state index in [4.69, 9.17) is 17.3 Å². The minimum absolute atomic E-state index is 0.200. The van der Waals surface area contributed by atoms with Crippen LogP contribution in [-0.2, 0) is 4.79 Å². The van der Waals surface area contributed by atoms with Crippen LogP contribution in [-0.4, -0.2) is 26.9 Å². The van der Waals surface area contributed by atoms with Gasteiger partial charge in [-0.3, -0.25) is 9.36 Å². The molecule has 1 aromatic heterocycles. The molecule has 106 valence electrons. The number of nitrogens with two attached hydrogens (primary N) is 1. The molecule has 0 spiro atoms. The standard InChI is InChI=1S/C12H14ClN5OS/c1-7(18-11(14)16-17-12(18)20-2)10(19)15-9-5-3-8(13)4-6-9/h3-7H,1-2H3,(H2,14,16)(H,15,19). The molecule has 0 aliphatic heterocycles. The fourth-order valence-electron chi connectivity index (χ4n) is 1.69. The van der Waals surface area contributed by atoms with Gasteiger partial charge in [-0.25, -0.2) is 0 Å². The number of thioether (sulfide) groups is 1. The maximum absolute atomic E-state index is 12.2. The first-order chi connectivity index (χ1) is 9.52. The zero-order valence-electron chi connectivity index (χ0n) is 11.0. The summed E-state index contributed by atoms with van der Waals surface area (Å²) in [5, 5.41) is 11.7. The largest absolute Gasteiger partial charge is 0.368 e. The van der Waals surface area contributed by atoms with Crippen molar-refractivity contribution >= 4 is 40.9 Å². The molecule has 1 atom stereocenters. The molecular weight excluding hydrogens is 298 g/mol. The van der Waals surface area contributed by atoms with Gasteiger partial charge < -0.3 is 11.1 Å². The average Bonchev–Trinajstić information content (AvgIpc) is 2.81. The number of carbonyl (C=O) groups is 1. The van der Waals surface area contributed by atoms with E-state index in [-0.39, 0.29) is 11.9 Å². The van der Waals surface area contributed by atoms with Crippen LogP contribution in [0.15, 0.2) is 29.4 Å². The Morgan fingerprint density at radius 3 is 2.65 bits per heavy atom. The summed E-state index contributed by atoms with van der Waals surface area (Å²) in [4.78, 5) is 12.2. The van der Waals surface area contributed by atoms with Crippen LogP contribution in [0, 0.1) is 0 Å². The predicted molar refractivity (Wildman–Crippen MR) is 81.0 cm³/mol. The summed E-state index contributed by atoms with van der Waals surface area (Å²) in [6.07, 6.45) is 1.85. The summed E-state index contributed by atoms with van der Waals surface area (Å²) in [6, 6.07) is 6.38. The minimum Gasteiger partial charge on any atom is -0.368 e. The first-order valence-corrected chi connectivity index (χ1v) is 7.44. The first kappa shape index (κ1) is 14.7. The van der Waals surface area contributed by atoms with Crippen LogP contribution in [0.3, 0.4) is 0 Å². The third-order valence-electron chi connectivity index (χ3n) is 2.75. The van der Waals surface area contributed by atoms with Crippen LogP contribution < -0.4 is 11.1 Å². The van der Waals surface area contributed by atoms with Crippen molar-refractivity contribution in [1.29, 1.82) is 0 Å². The molecule has 2 rings (SSSR count). The van der Waals surface area contributed by atoms with E-state index in [1.54, 1.807) is 35.8 Å². The van der Waals surface area contributed by atoms with E-state index in [1.807, 2.05) is 6.26 Å². The molecule has 6 nitrogen and oxygen atoms in total. The van der Waals surface area contributed by atoms with E-state index in [1.165, 1.54) is 11.8 Å². The van der Waals surface area contributed by atoms with Crippen LogP contribution in [0.2, 0.25) is 5.02 Å². The molecule has 1 amide bonds. The Labute approximate surface area is 125 Å². The highest BCUT2D eigenvalue weighted by molar-refractivity contribution is 7.98. The lowest BCUT2D eigenvalue weighted by molar-refractivity contribution is -0.118. The van der Waals surface area contributed by atoms with Gasteiger partial charge in [-0.1, -0.05) is 23.4 Å². The molecular formula is C12H14ClN5OS. The molecule has 0 saturated heterocycles. The van der Waals surface area contributed by atoms with E-state index in [0.29, 0.717) is 15.9 Å². The summed E-state index contributed by atoms with van der Waals surface area (Å²) < 4.78 is 1.59. The molecule has 3 N–H and O–H groups in total. The molecule has 0 aliphatic rings. The van der Waals surface area contributed by atoms with Crippen molar-refractivity contribution in [3.63, 3.8) is 0 Å². The van der Waals surface area contributed by atoms with Gasteiger partial charge in [0.15, 0.2) is 5.16 Å². The number of halogens is 1. The third-order valence-corrected chi connectivity index (χ3v) is 3.65. The number of nitrogen functional groups attached to an aromatic ring is 1. The van der Waals surface area contributed by atoms with Crippen molar-refractivity contribution in [3.05, 3.63) is 29.3 Å². The Kier molecular flexibility index (Phi) is 4.51. The van der Waals surface area contributed by atoms with E-state index in [9.17, 15) is 4.79 Å². The van der Waals surface area contributed by atoms with Crippen LogP contribution >= 0.6 is 23.4 Å². The third kappa shape index (κ3) is 3.05. The topological polar surface area (TPSA) is 85.8 Å². The number of aromatic nitrogens is 3. The summed E-state index contributed by atoms with van der Waals surface area (Å²) in [5.74, 6) is 0.0160. The molecule has 0 fully saturated rings. The Morgan fingerprint density at radius 2 is 2.05 bits per heavy atom. The van der Waals surface area contributed by atoms with Gasteiger partial charge in [0.25, 0.3) is 0 Å². The molecule has 1 aromatic carbocycles. The lowest BCUT2D eigenvalue weighted by atomic mass is 10.2. The quantitative estimate of drug-likeness (QED) is 0.847. The van der Waals surface area contributed by atoms with Crippen molar-refractivity contribution in [3.8, 4) is 0 Å². The molecule has 0 aliphatic carbocycles. The Balaban J connectivity index is 2.16. The number of nitrogens with one attached hydrogen (secondary N) is 1. The van der Waals surface area contributed by atoms with E-state index >= 15 is 0 Å². The van der Waals surface area contributed by atoms with Gasteiger partial charge in [0.05, 0.1) is 0 Å². The van der Waals surface area contributed by atoms with Crippen LogP contribution in [0.25, 0.3) is 0 Å². The SMILES string of the molecule is CSc1nnc(N)n1C(C)C(=O)Nc1ccc(Cl)cc1. The number of anilines is 2. The molecule has 0 saturated carbocycles. The van der Waals surface area contributed by atoms with Crippen LogP contribution in [0.1, 0.15) is 13.0 Å². The van der Waals surface area contributed by atoms with E-state index < -0.39 is 6.04 Å². The Morgan fingerprint density at radius 1 is 1.40 bits per heavy atom. The summed E-state index contributed by atoms with van der Waals surface area (Å²) in [5.41, 5.74) is 6.42. The number of hydrogen-bond acceptors (Lipinski definition) is 5. The van der Waals surface area contributed by atoms with Crippen molar-refractivity contribution in [2.75, 3.05) is 17.3 Å². The lowest BCUT2D eigenvalue weighted by Crippen LogP contribution is -2.25. The molecule has 0 radical (unpaired) electrons. The first-order valence-electron chi connectivity index (χ1n) is 5.83. The monoisotopic (exact) mass is 311 g/mol. The molecule has 1 heterocycles. The van der Waals surface area contributed by atoms with Crippen LogP contribution in [0.4, 0.5) is 11.6 Å². The Hall–Kier alpha value is -1.73. The second-order valence-corrected chi connectivity index (χ2v) is 5.30. The second-order valence-electron chi connectivity index (χ2n) is 4.09. The maximum Gasteiger partial charge on any atom is 0.247 e. The summed E-state index contributed by atoms with van der Waals surface area (Å²) in [6.45, 7) is 1.74. The highest BCUT2D eigenvalue weighted by Crippen LogP contribution is 2.22. The molecule has 1 unspecified atom stereocenters. The number of amides is 1. The molecule has 8 heteroatoms. The van der Waals surface area contributed by atoms with Crippen molar-refractivity contribution in [2.24, 2.45) is 0 Å². The number of carbonyl (C=O) groups excluding carboxylic acids is 1. The van der Waals surface area contributed by atoms with Gasteiger partial charge in [-0.2, -0.15) is 0 Å². The molecule has 2 aromatic rings. The number of hydrogen-bond donors (Lipinski definition) is 2. The second kappa shape index (κ2) is 6.15. The maximum atomic E-state index is 12.2. The molecule has 0 bridgehead atoms. The smallest absolute Gasteiger partial charge is 0.247 e. The zero-order valence-corrected chi connectivity index (χ0v) is 12.6. The lowest BCUT2D eigenvalue weighted by Gasteiger charge is -2.15. The van der Waals surface area contributed by atoms with Crippen molar-refractivity contribution < 1.29 is 4.79 Å². The van der Waals surface area contributed by atoms with Gasteiger partial charge in [0, 0.05) is 10.7 Å². The van der Waals surface area contributed by atoms with Gasteiger partial charge in [0.2, 0.25) is 11.9 Å². The summed E-state index contributed by atoms with van der Waals surface area (Å²) >= 11 is 7.18. The average molecular weight is 312 g/mol. The summed E-state index contributed by atoms with van der Waals surface area (Å²) in [7, 11) is 0. The number of benzene rings is 1. The van der Waals surface area contributed by atoms with Crippen molar-refractivity contribution in [2.45, 2.75) is 18.1 Å². The van der Waals surface area contributed by atoms with Gasteiger partial charge in [-0.15, -0.1) is 10.2 Å². The highest BCUT2D eigenvalue weighted by atomic mass is 35.5. The zero-order chi connectivity index (χ0) is 14.7. The molecule has 20 heavy (non-hydrogen) atoms. The normalized spacial score (nSPS) is 12.2. The van der Waals surface area contributed by atoms with Crippen molar-refractivity contribution in [1.82, 2.24) is 14.8 Å². The van der Waals surface area contributed by atoms with Crippen LogP contribution in [0.5, 0.6) is 0 Å². The minimum atomic E-state index is -0.511. The number of nitrogens with zero attached hydrogens (tertiary/aromatic N) is 3.